The summed E-state index contributed by atoms with van der Waals surface area (Å²) < 4.78 is 8.14. The summed E-state index contributed by atoms with van der Waals surface area (Å²) in [5, 5.41) is 5.64. The van der Waals surface area contributed by atoms with Gasteiger partial charge in [-0.05, 0) is 30.3 Å². The third-order valence-corrected chi connectivity index (χ3v) is 3.28. The van der Waals surface area contributed by atoms with Crippen molar-refractivity contribution in [2.75, 3.05) is 7.11 Å². The van der Waals surface area contributed by atoms with Crippen molar-refractivity contribution in [1.82, 2.24) is 9.78 Å². The number of hydrogen-bond acceptors (Lipinski definition) is 2. The Morgan fingerprint density at radius 1 is 1.17 bits per heavy atom. The van der Waals surface area contributed by atoms with Crippen molar-refractivity contribution < 1.29 is 4.74 Å². The molecule has 90 valence electrons. The summed E-state index contributed by atoms with van der Waals surface area (Å²) >= 11 is 3.46. The monoisotopic (exact) mass is 302 g/mol. The van der Waals surface area contributed by atoms with Crippen molar-refractivity contribution >= 4 is 26.8 Å². The first kappa shape index (κ1) is 11.3. The maximum Gasteiger partial charge on any atom is 0.121 e. The second-order valence-electron chi connectivity index (χ2n) is 3.98. The van der Waals surface area contributed by atoms with Crippen LogP contribution in [-0.2, 0) is 0 Å². The Balaban J connectivity index is 2.13. The van der Waals surface area contributed by atoms with Gasteiger partial charge in [-0.2, -0.15) is 5.10 Å². The molecule has 0 amide bonds. The molecule has 1 heterocycles. The first-order valence-corrected chi connectivity index (χ1v) is 6.35. The van der Waals surface area contributed by atoms with Gasteiger partial charge in [0.15, 0.2) is 0 Å². The van der Waals surface area contributed by atoms with Crippen molar-refractivity contribution in [3.05, 3.63) is 53.1 Å². The standard InChI is InChI=1S/C14H11BrN2O/c1-18-13-4-2-3-12(8-13)17-9-10-7-11(15)5-6-14(10)16-17/h2-9H,1H3. The van der Waals surface area contributed by atoms with Crippen molar-refractivity contribution in [3.8, 4) is 11.4 Å². The maximum absolute atomic E-state index is 5.22. The Morgan fingerprint density at radius 3 is 2.89 bits per heavy atom. The highest BCUT2D eigenvalue weighted by Gasteiger charge is 2.04. The minimum absolute atomic E-state index is 0.827. The Kier molecular flexibility index (Phi) is 2.80. The highest BCUT2D eigenvalue weighted by molar-refractivity contribution is 9.10. The van der Waals surface area contributed by atoms with Crippen molar-refractivity contribution in [3.63, 3.8) is 0 Å². The van der Waals surface area contributed by atoms with Crippen LogP contribution >= 0.6 is 15.9 Å². The van der Waals surface area contributed by atoms with Gasteiger partial charge in [0.1, 0.15) is 5.75 Å². The summed E-state index contributed by atoms with van der Waals surface area (Å²) in [5.74, 6) is 0.827. The minimum Gasteiger partial charge on any atom is -0.497 e. The molecule has 0 aliphatic rings. The van der Waals surface area contributed by atoms with Crippen LogP contribution in [0.1, 0.15) is 0 Å². The molecule has 3 aromatic rings. The molecule has 0 aliphatic carbocycles. The highest BCUT2D eigenvalue weighted by atomic mass is 79.9. The first-order valence-electron chi connectivity index (χ1n) is 5.55. The van der Waals surface area contributed by atoms with Crippen LogP contribution in [0.5, 0.6) is 5.75 Å². The molecule has 0 spiro atoms. The average molecular weight is 303 g/mol. The highest BCUT2D eigenvalue weighted by Crippen LogP contribution is 2.22. The van der Waals surface area contributed by atoms with Gasteiger partial charge in [-0.25, -0.2) is 4.68 Å². The number of aromatic nitrogens is 2. The summed E-state index contributed by atoms with van der Waals surface area (Å²) in [6, 6.07) is 13.9. The molecule has 0 aliphatic heterocycles. The predicted octanol–water partition coefficient (Wildman–Crippen LogP) is 3.80. The summed E-state index contributed by atoms with van der Waals surface area (Å²) in [7, 11) is 1.66. The lowest BCUT2D eigenvalue weighted by Gasteiger charge is -2.03. The van der Waals surface area contributed by atoms with Crippen LogP contribution in [0.3, 0.4) is 0 Å². The third-order valence-electron chi connectivity index (χ3n) is 2.78. The molecular formula is C14H11BrN2O. The van der Waals surface area contributed by atoms with E-state index >= 15 is 0 Å². The van der Waals surface area contributed by atoms with E-state index in [0.717, 1.165) is 26.8 Å². The minimum atomic E-state index is 0.827. The Hall–Kier alpha value is -1.81. The van der Waals surface area contributed by atoms with Crippen LogP contribution < -0.4 is 4.74 Å². The van der Waals surface area contributed by atoms with Gasteiger partial charge in [-0.15, -0.1) is 0 Å². The van der Waals surface area contributed by atoms with Crippen LogP contribution in [0.4, 0.5) is 0 Å². The van der Waals surface area contributed by atoms with Crippen molar-refractivity contribution in [1.29, 1.82) is 0 Å². The maximum atomic E-state index is 5.22. The molecule has 0 radical (unpaired) electrons. The molecule has 4 heteroatoms. The predicted molar refractivity (Wildman–Crippen MR) is 75.3 cm³/mol. The van der Waals surface area contributed by atoms with Crippen LogP contribution in [-0.4, -0.2) is 16.9 Å². The van der Waals surface area contributed by atoms with E-state index in [1.54, 1.807) is 7.11 Å². The van der Waals surface area contributed by atoms with Gasteiger partial charge in [0.25, 0.3) is 0 Å². The quantitative estimate of drug-likeness (QED) is 0.720. The van der Waals surface area contributed by atoms with Gasteiger partial charge in [-0.1, -0.05) is 22.0 Å². The molecule has 18 heavy (non-hydrogen) atoms. The smallest absolute Gasteiger partial charge is 0.121 e. The number of methoxy groups -OCH3 is 1. The average Bonchev–Trinajstić information content (AvgIpc) is 2.81. The summed E-state index contributed by atoms with van der Waals surface area (Å²) in [5.41, 5.74) is 1.96. The van der Waals surface area contributed by atoms with E-state index in [2.05, 4.69) is 27.1 Å². The molecule has 3 nitrogen and oxygen atoms in total. The first-order chi connectivity index (χ1) is 8.76. The van der Waals surface area contributed by atoms with E-state index in [-0.39, 0.29) is 0 Å². The molecule has 0 N–H and O–H groups in total. The largest absolute Gasteiger partial charge is 0.497 e. The van der Waals surface area contributed by atoms with E-state index in [1.165, 1.54) is 0 Å². The summed E-state index contributed by atoms with van der Waals surface area (Å²) in [6.07, 6.45) is 2.01. The van der Waals surface area contributed by atoms with E-state index in [4.69, 9.17) is 4.74 Å². The fraction of sp³-hybridized carbons (Fsp3) is 0.0714. The van der Waals surface area contributed by atoms with Crippen LogP contribution in [0.2, 0.25) is 0 Å². The summed E-state index contributed by atoms with van der Waals surface area (Å²) in [6.45, 7) is 0. The van der Waals surface area contributed by atoms with E-state index in [9.17, 15) is 0 Å². The van der Waals surface area contributed by atoms with Crippen molar-refractivity contribution in [2.45, 2.75) is 0 Å². The van der Waals surface area contributed by atoms with Gasteiger partial charge < -0.3 is 4.74 Å². The van der Waals surface area contributed by atoms with Gasteiger partial charge in [0, 0.05) is 22.1 Å². The van der Waals surface area contributed by atoms with E-state index < -0.39 is 0 Å². The van der Waals surface area contributed by atoms with Crippen molar-refractivity contribution in [2.24, 2.45) is 0 Å². The molecule has 0 unspecified atom stereocenters. The molecule has 2 aromatic carbocycles. The van der Waals surface area contributed by atoms with Crippen LogP contribution in [0, 0.1) is 0 Å². The zero-order valence-corrected chi connectivity index (χ0v) is 11.4. The molecular weight excluding hydrogens is 292 g/mol. The SMILES string of the molecule is COc1cccc(-n2cc3cc(Br)ccc3n2)c1. The van der Waals surface area contributed by atoms with Gasteiger partial charge in [-0.3, -0.25) is 0 Å². The lowest BCUT2D eigenvalue weighted by molar-refractivity contribution is 0.414. The number of hydrogen-bond donors (Lipinski definition) is 0. The third kappa shape index (κ3) is 1.99. The Labute approximate surface area is 113 Å². The second-order valence-corrected chi connectivity index (χ2v) is 4.89. The molecule has 0 saturated carbocycles. The number of fused-ring (bicyclic) bond motifs is 1. The van der Waals surface area contributed by atoms with E-state index in [1.807, 2.05) is 47.3 Å². The molecule has 0 fully saturated rings. The van der Waals surface area contributed by atoms with Crippen LogP contribution in [0.25, 0.3) is 16.6 Å². The normalized spacial score (nSPS) is 10.8. The molecule has 0 bridgehead atoms. The fourth-order valence-electron chi connectivity index (χ4n) is 1.88. The topological polar surface area (TPSA) is 27.1 Å². The molecule has 1 aromatic heterocycles. The zero-order chi connectivity index (χ0) is 12.5. The van der Waals surface area contributed by atoms with E-state index in [0.29, 0.717) is 0 Å². The Morgan fingerprint density at radius 2 is 2.06 bits per heavy atom. The number of rotatable bonds is 2. The van der Waals surface area contributed by atoms with Crippen LogP contribution in [0.15, 0.2) is 53.1 Å². The second kappa shape index (κ2) is 4.46. The number of benzene rings is 2. The number of halogens is 1. The molecule has 0 saturated heterocycles. The summed E-state index contributed by atoms with van der Waals surface area (Å²) in [4.78, 5) is 0. The molecule has 3 rings (SSSR count). The number of ether oxygens (including phenoxy) is 1. The van der Waals surface area contributed by atoms with Gasteiger partial charge in [0.2, 0.25) is 0 Å². The number of nitrogens with zero attached hydrogens (tertiary/aromatic N) is 2. The zero-order valence-electron chi connectivity index (χ0n) is 9.80. The lowest BCUT2D eigenvalue weighted by atomic mass is 10.3. The fourth-order valence-corrected chi connectivity index (χ4v) is 2.26. The van der Waals surface area contributed by atoms with Gasteiger partial charge in [0.05, 0.1) is 18.3 Å². The Bertz CT molecular complexity index is 706. The van der Waals surface area contributed by atoms with Gasteiger partial charge >= 0.3 is 0 Å². The molecule has 0 atom stereocenters. The lowest BCUT2D eigenvalue weighted by Crippen LogP contribution is -1.94.